The van der Waals surface area contributed by atoms with Crippen molar-refractivity contribution in [1.82, 2.24) is 1.33 Å². The lowest BCUT2D eigenvalue weighted by atomic mass is 10.1. The van der Waals surface area contributed by atoms with Crippen molar-refractivity contribution in [2.24, 2.45) is 0 Å². The number of benzene rings is 2. The smallest absolute Gasteiger partial charge is 0.337 e. The average molecular weight is 795 g/mol. The molecule has 6 nitrogen and oxygen atoms in total. The van der Waals surface area contributed by atoms with Crippen LogP contribution in [0, 0.1) is 0 Å². The molecule has 1 unspecified atom stereocenters. The molecule has 2 atom stereocenters. The molecule has 25 heavy (non-hydrogen) atoms. The van der Waals surface area contributed by atoms with Gasteiger partial charge in [-0.25, -0.2) is 4.79 Å². The van der Waals surface area contributed by atoms with Crippen LogP contribution in [-0.2, 0) is 4.79 Å². The van der Waals surface area contributed by atoms with E-state index in [9.17, 15) is 15.0 Å². The van der Waals surface area contributed by atoms with Gasteiger partial charge in [0.25, 0.3) is 0 Å². The molecule has 0 aliphatic heterocycles. The first-order chi connectivity index (χ1) is 11.2. The van der Waals surface area contributed by atoms with Crippen LogP contribution in [0.2, 0.25) is 0 Å². The summed E-state index contributed by atoms with van der Waals surface area (Å²) < 4.78 is 6.02. The maximum atomic E-state index is 11.7. The number of phenolic OH excluding ortho intramolecular Hbond substituents is 1. The van der Waals surface area contributed by atoms with Gasteiger partial charge in [-0.2, -0.15) is 1.33 Å². The molecule has 136 valence electrons. The van der Waals surface area contributed by atoms with Crippen molar-refractivity contribution in [2.45, 2.75) is 7.47 Å². The van der Waals surface area contributed by atoms with Crippen molar-refractivity contribution >= 4 is 96.9 Å². The zero-order chi connectivity index (χ0) is 17.9. The molecule has 2 aromatic carbocycles. The fraction of sp³-hybridized carbons (Fsp3) is 0.133. The number of carboxylic acid groups (broad SMARTS) is 1. The fourth-order valence-corrected chi connectivity index (χ4v) is 5.20. The highest BCUT2D eigenvalue weighted by atomic mass is 127. The van der Waals surface area contributed by atoms with Crippen molar-refractivity contribution in [2.75, 3.05) is 0 Å². The molecule has 4 N–H and O–H groups in total. The number of carbonyl (C=O) groups is 1. The Bertz CT molecular complexity index is 711. The van der Waals surface area contributed by atoms with Crippen molar-refractivity contribution in [3.05, 3.63) is 54.1 Å². The monoisotopic (exact) mass is 795 g/mol. The maximum absolute atomic E-state index is 11.7. The Kier molecular flexibility index (Phi) is 9.40. The molecule has 0 fully saturated rings. The molecule has 0 amide bonds. The summed E-state index contributed by atoms with van der Waals surface area (Å²) in [5, 5.41) is 18.9. The molecule has 2 aromatic rings. The van der Waals surface area contributed by atoms with Crippen molar-refractivity contribution in [3.63, 3.8) is 0 Å². The van der Waals surface area contributed by atoms with Gasteiger partial charge in [0.15, 0.2) is 0 Å². The summed E-state index contributed by atoms with van der Waals surface area (Å²) in [4.78, 5) is 11.7. The summed E-state index contributed by atoms with van der Waals surface area (Å²) in [6, 6.07) is 13.8. The number of ether oxygens (including phenoxy) is 1. The molecule has 0 aliphatic rings. The van der Waals surface area contributed by atoms with E-state index < -0.39 is 9.51 Å². The number of hydrogen-bond donors (Lipinski definition) is 2. The number of phenols is 1. The average Bonchev–Trinajstić information content (AvgIpc) is 2.55. The van der Waals surface area contributed by atoms with Gasteiger partial charge < -0.3 is 20.4 Å². The first-order valence-corrected chi connectivity index (χ1v) is 10.8. The highest BCUT2D eigenvalue weighted by Gasteiger charge is 2.47. The Labute approximate surface area is 199 Å². The Hall–Kier alpha value is 0.350. The summed E-state index contributed by atoms with van der Waals surface area (Å²) in [6.45, 7) is 0. The lowest BCUT2D eigenvalue weighted by Crippen LogP contribution is -2.43. The van der Waals surface area contributed by atoms with Gasteiger partial charge in [0, 0.05) is 45.7 Å². The van der Waals surface area contributed by atoms with Crippen LogP contribution in [0.5, 0.6) is 17.2 Å². The summed E-state index contributed by atoms with van der Waals surface area (Å²) in [5.41, 5.74) is 0.892. The number of rotatable bonds is 6. The third kappa shape index (κ3) is 5.66. The lowest BCUT2D eigenvalue weighted by Gasteiger charge is -2.31. The van der Waals surface area contributed by atoms with Gasteiger partial charge in [-0.3, -0.25) is 0 Å². The van der Waals surface area contributed by atoms with E-state index in [2.05, 4.69) is 22.6 Å². The Morgan fingerprint density at radius 3 is 1.88 bits per heavy atom. The second-order valence-corrected chi connectivity index (χ2v) is 11.4. The minimum atomic E-state index is -1.07. The molecule has 0 spiro atoms. The number of aromatic hydroxyl groups is 1. The predicted molar refractivity (Wildman–Crippen MR) is 129 cm³/mol. The van der Waals surface area contributed by atoms with Gasteiger partial charge in [0.1, 0.15) is 17.2 Å². The second kappa shape index (κ2) is 10.0. The molecule has 0 heterocycles. The summed E-state index contributed by atoms with van der Waals surface area (Å²) in [7, 11) is 0. The van der Waals surface area contributed by atoms with E-state index >= 15 is 0 Å². The summed E-state index contributed by atoms with van der Waals surface area (Å²) in [5.74, 6) is 0.546. The Balaban J connectivity index is 0.00000312. The predicted octanol–water partition coefficient (Wildman–Crippen LogP) is 5.05. The van der Waals surface area contributed by atoms with Gasteiger partial charge in [-0.15, -0.1) is 0 Å². The van der Waals surface area contributed by atoms with E-state index in [1.165, 1.54) is 0 Å². The van der Waals surface area contributed by atoms with Gasteiger partial charge in [0.2, 0.25) is 3.55 Å². The number of hydrogen-bond acceptors (Lipinski definition) is 4. The van der Waals surface area contributed by atoms with Crippen LogP contribution in [0.3, 0.4) is 0 Å². The number of alkyl halides is 2. The topological polar surface area (TPSA) is 102 Å². The van der Waals surface area contributed by atoms with E-state index in [1.54, 1.807) is 37.7 Å². The third-order valence-electron chi connectivity index (χ3n) is 3.13. The number of halogens is 4. The molecule has 2 rings (SSSR count). The SMILES string of the molecule is O.O=C(O)[C@](I)(C(I)c1ccc(Oc2ccc(O)cc2)cc1)N(I)I. The van der Waals surface area contributed by atoms with Crippen LogP contribution in [0.1, 0.15) is 9.49 Å². The van der Waals surface area contributed by atoms with E-state index in [-0.39, 0.29) is 15.2 Å². The van der Waals surface area contributed by atoms with E-state index in [0.29, 0.717) is 11.5 Å². The quantitative estimate of drug-likeness (QED) is 0.185. The molecule has 10 heteroatoms. The van der Waals surface area contributed by atoms with Crippen molar-refractivity contribution < 1.29 is 25.2 Å². The van der Waals surface area contributed by atoms with Crippen LogP contribution in [0.15, 0.2) is 48.5 Å². The van der Waals surface area contributed by atoms with Gasteiger partial charge >= 0.3 is 5.97 Å². The zero-order valence-electron chi connectivity index (χ0n) is 12.4. The fourth-order valence-electron chi connectivity index (χ4n) is 1.84. The molecule has 0 saturated heterocycles. The van der Waals surface area contributed by atoms with Crippen molar-refractivity contribution in [1.29, 1.82) is 0 Å². The highest BCUT2D eigenvalue weighted by Crippen LogP contribution is 2.47. The van der Waals surface area contributed by atoms with E-state index in [0.717, 1.165) is 5.56 Å². The van der Waals surface area contributed by atoms with Crippen molar-refractivity contribution in [3.8, 4) is 17.2 Å². The zero-order valence-corrected chi connectivity index (χ0v) is 21.0. The van der Waals surface area contributed by atoms with Crippen LogP contribution in [0.4, 0.5) is 0 Å². The van der Waals surface area contributed by atoms with Gasteiger partial charge in [0.05, 0.1) is 3.92 Å². The molecule has 0 saturated carbocycles. The summed E-state index contributed by atoms with van der Waals surface area (Å²) in [6.07, 6.45) is 0. The molecular formula is C15H13I4NO5. The third-order valence-corrected chi connectivity index (χ3v) is 10.9. The van der Waals surface area contributed by atoms with Crippen LogP contribution in [0.25, 0.3) is 0 Å². The maximum Gasteiger partial charge on any atom is 0.337 e. The summed E-state index contributed by atoms with van der Waals surface area (Å²) >= 11 is 8.08. The Morgan fingerprint density at radius 2 is 1.48 bits per heavy atom. The number of aliphatic carboxylic acids is 1. The Morgan fingerprint density at radius 1 is 1.04 bits per heavy atom. The molecule has 0 aromatic heterocycles. The van der Waals surface area contributed by atoms with E-state index in [1.807, 2.05) is 80.5 Å². The largest absolute Gasteiger partial charge is 0.508 e. The molecule has 0 aliphatic carbocycles. The van der Waals surface area contributed by atoms with E-state index in [4.69, 9.17) is 4.74 Å². The van der Waals surface area contributed by atoms with Crippen LogP contribution >= 0.6 is 90.9 Å². The highest BCUT2D eigenvalue weighted by molar-refractivity contribution is 14.2. The standard InChI is InChI=1S/C15H11I4NO4.H2O/c16-13(15(17,14(22)23)20(18)19)9-1-5-11(6-2-9)24-12-7-3-10(21)4-8-12;/h1-8,13,21H,(H,22,23);1H2/t13?,15-;/m0./s1. The minimum Gasteiger partial charge on any atom is -0.508 e. The van der Waals surface area contributed by atoms with Gasteiger partial charge in [-0.1, -0.05) is 34.7 Å². The lowest BCUT2D eigenvalue weighted by molar-refractivity contribution is -0.140. The number of nitrogens with zero attached hydrogens (tertiary/aromatic N) is 1. The molecule has 0 radical (unpaired) electrons. The first-order valence-electron chi connectivity index (χ1n) is 6.50. The normalized spacial score (nSPS) is 14.3. The minimum absolute atomic E-state index is 0. The van der Waals surface area contributed by atoms with Crippen LogP contribution in [-0.4, -0.2) is 26.5 Å². The number of carboxylic acids is 1. The molecule has 0 bridgehead atoms. The first kappa shape index (κ1) is 23.4. The van der Waals surface area contributed by atoms with Crippen LogP contribution < -0.4 is 4.74 Å². The second-order valence-electron chi connectivity index (χ2n) is 4.74. The van der Waals surface area contributed by atoms with Gasteiger partial charge in [-0.05, 0) is 64.6 Å². The molecular weight excluding hydrogens is 782 g/mol.